The highest BCUT2D eigenvalue weighted by atomic mass is 32.1. The van der Waals surface area contributed by atoms with Crippen LogP contribution >= 0.6 is 11.3 Å². The summed E-state index contributed by atoms with van der Waals surface area (Å²) in [6, 6.07) is 11.0. The first-order valence-electron chi connectivity index (χ1n) is 7.35. The zero-order valence-electron chi connectivity index (χ0n) is 12.9. The lowest BCUT2D eigenvalue weighted by atomic mass is 10.2. The highest BCUT2D eigenvalue weighted by molar-refractivity contribution is 7.10. The lowest BCUT2D eigenvalue weighted by Gasteiger charge is -2.14. The summed E-state index contributed by atoms with van der Waals surface area (Å²) in [6.07, 6.45) is 0. The van der Waals surface area contributed by atoms with Gasteiger partial charge in [0.05, 0.1) is 16.9 Å². The predicted molar refractivity (Wildman–Crippen MR) is 91.6 cm³/mol. The average Bonchev–Trinajstić information content (AvgIpc) is 3.06. The maximum Gasteiger partial charge on any atom is 0.261 e. The van der Waals surface area contributed by atoms with Crippen LogP contribution in [0.15, 0.2) is 46.6 Å². The normalized spacial score (nSPS) is 12.3. The molecule has 6 heteroatoms. The van der Waals surface area contributed by atoms with Crippen LogP contribution in [0.2, 0.25) is 0 Å². The molecule has 5 nitrogen and oxygen atoms in total. The van der Waals surface area contributed by atoms with Gasteiger partial charge in [-0.1, -0.05) is 18.2 Å². The Kier molecular flexibility index (Phi) is 4.25. The van der Waals surface area contributed by atoms with Gasteiger partial charge < -0.3 is 5.32 Å². The first kappa shape index (κ1) is 15.4. The van der Waals surface area contributed by atoms with E-state index in [9.17, 15) is 9.59 Å². The number of fused-ring (bicyclic) bond motifs is 1. The number of para-hydroxylation sites is 1. The summed E-state index contributed by atoms with van der Waals surface area (Å²) in [6.45, 7) is 3.64. The molecule has 1 aromatic carbocycles. The number of rotatable bonds is 4. The van der Waals surface area contributed by atoms with E-state index < -0.39 is 0 Å². The van der Waals surface area contributed by atoms with Crippen molar-refractivity contribution in [3.05, 3.63) is 62.8 Å². The number of aryl methyl sites for hydroxylation is 1. The highest BCUT2D eigenvalue weighted by Crippen LogP contribution is 2.18. The maximum absolute atomic E-state index is 12.5. The van der Waals surface area contributed by atoms with Crippen LogP contribution in [-0.2, 0) is 11.3 Å². The number of carbonyl (C=O) groups is 1. The second-order valence-corrected chi connectivity index (χ2v) is 6.35. The number of thiophene rings is 1. The molecule has 118 valence electrons. The summed E-state index contributed by atoms with van der Waals surface area (Å²) < 4.78 is 1.42. The van der Waals surface area contributed by atoms with Gasteiger partial charge in [0.1, 0.15) is 12.4 Å². The standard InChI is InChI=1S/C17H17N3O2S/c1-11(15-8-5-9-23-15)18-16(21)10-20-12(2)19-14-7-4-3-6-13(14)17(20)22/h3-9,11H,10H2,1-2H3,(H,18,21)/t11-/m0/s1. The third-order valence-corrected chi connectivity index (χ3v) is 4.76. The minimum atomic E-state index is -0.201. The number of carbonyl (C=O) groups excluding carboxylic acids is 1. The van der Waals surface area contributed by atoms with Crippen LogP contribution in [-0.4, -0.2) is 15.5 Å². The van der Waals surface area contributed by atoms with E-state index in [0.29, 0.717) is 16.7 Å². The van der Waals surface area contributed by atoms with Gasteiger partial charge in [0.2, 0.25) is 5.91 Å². The summed E-state index contributed by atoms with van der Waals surface area (Å²) >= 11 is 1.59. The third-order valence-electron chi connectivity index (χ3n) is 3.70. The molecule has 0 bridgehead atoms. The summed E-state index contributed by atoms with van der Waals surface area (Å²) in [7, 11) is 0. The Labute approximate surface area is 137 Å². The first-order chi connectivity index (χ1) is 11.1. The third kappa shape index (κ3) is 3.17. The summed E-state index contributed by atoms with van der Waals surface area (Å²) in [5, 5.41) is 5.41. The Morgan fingerprint density at radius 3 is 2.83 bits per heavy atom. The van der Waals surface area contributed by atoms with E-state index in [4.69, 9.17) is 0 Å². The fourth-order valence-electron chi connectivity index (χ4n) is 2.50. The second kappa shape index (κ2) is 6.34. The molecule has 0 saturated carbocycles. The van der Waals surface area contributed by atoms with Crippen LogP contribution in [0.4, 0.5) is 0 Å². The van der Waals surface area contributed by atoms with Crippen LogP contribution in [0.3, 0.4) is 0 Å². The van der Waals surface area contributed by atoms with E-state index in [-0.39, 0.29) is 24.1 Å². The largest absolute Gasteiger partial charge is 0.347 e. The monoisotopic (exact) mass is 327 g/mol. The smallest absolute Gasteiger partial charge is 0.261 e. The number of nitrogens with zero attached hydrogens (tertiary/aromatic N) is 2. The molecule has 0 aliphatic rings. The summed E-state index contributed by atoms with van der Waals surface area (Å²) in [5.74, 6) is 0.334. The molecular formula is C17H17N3O2S. The van der Waals surface area contributed by atoms with Crippen molar-refractivity contribution in [2.24, 2.45) is 0 Å². The molecule has 1 amide bonds. The number of benzene rings is 1. The molecule has 1 N–H and O–H groups in total. The van der Waals surface area contributed by atoms with Gasteiger partial charge in [-0.05, 0) is 37.4 Å². The van der Waals surface area contributed by atoms with E-state index in [2.05, 4.69) is 10.3 Å². The average molecular weight is 327 g/mol. The van der Waals surface area contributed by atoms with Gasteiger partial charge in [0, 0.05) is 4.88 Å². The molecule has 0 spiro atoms. The van der Waals surface area contributed by atoms with Gasteiger partial charge in [0.15, 0.2) is 0 Å². The predicted octanol–water partition coefficient (Wildman–Crippen LogP) is 2.64. The zero-order valence-corrected chi connectivity index (χ0v) is 13.8. The van der Waals surface area contributed by atoms with Crippen LogP contribution < -0.4 is 10.9 Å². The van der Waals surface area contributed by atoms with E-state index in [1.54, 1.807) is 36.5 Å². The molecule has 2 heterocycles. The lowest BCUT2D eigenvalue weighted by Crippen LogP contribution is -2.35. The lowest BCUT2D eigenvalue weighted by molar-refractivity contribution is -0.122. The van der Waals surface area contributed by atoms with Gasteiger partial charge in [0.25, 0.3) is 5.56 Å². The molecule has 0 aliphatic heterocycles. The van der Waals surface area contributed by atoms with Gasteiger partial charge >= 0.3 is 0 Å². The van der Waals surface area contributed by atoms with Crippen molar-refractivity contribution in [2.75, 3.05) is 0 Å². The minimum Gasteiger partial charge on any atom is -0.347 e. The fourth-order valence-corrected chi connectivity index (χ4v) is 3.24. The van der Waals surface area contributed by atoms with E-state index in [1.807, 2.05) is 30.5 Å². The number of nitrogens with one attached hydrogen (secondary N) is 1. The Balaban J connectivity index is 1.84. The van der Waals surface area contributed by atoms with E-state index >= 15 is 0 Å². The van der Waals surface area contributed by atoms with Crippen molar-refractivity contribution in [3.63, 3.8) is 0 Å². The second-order valence-electron chi connectivity index (χ2n) is 5.37. The molecular weight excluding hydrogens is 310 g/mol. The fraction of sp³-hybridized carbons (Fsp3) is 0.235. The van der Waals surface area contributed by atoms with Crippen molar-refractivity contribution >= 4 is 28.1 Å². The van der Waals surface area contributed by atoms with Crippen molar-refractivity contribution in [3.8, 4) is 0 Å². The molecule has 3 aromatic rings. The molecule has 3 rings (SSSR count). The van der Waals surface area contributed by atoms with E-state index in [0.717, 1.165) is 4.88 Å². The van der Waals surface area contributed by atoms with E-state index in [1.165, 1.54) is 4.57 Å². The molecule has 1 atom stereocenters. The van der Waals surface area contributed by atoms with Crippen LogP contribution in [0.5, 0.6) is 0 Å². The molecule has 0 saturated heterocycles. The highest BCUT2D eigenvalue weighted by Gasteiger charge is 2.14. The quantitative estimate of drug-likeness (QED) is 0.801. The molecule has 2 aromatic heterocycles. The van der Waals surface area contributed by atoms with Gasteiger partial charge in [-0.3, -0.25) is 14.2 Å². The Morgan fingerprint density at radius 1 is 1.30 bits per heavy atom. The first-order valence-corrected chi connectivity index (χ1v) is 8.23. The maximum atomic E-state index is 12.5. The van der Waals surface area contributed by atoms with Crippen LogP contribution in [0.1, 0.15) is 23.7 Å². The number of amides is 1. The minimum absolute atomic E-state index is 0.0295. The zero-order chi connectivity index (χ0) is 16.4. The number of aromatic nitrogens is 2. The number of hydrogen-bond donors (Lipinski definition) is 1. The van der Waals surface area contributed by atoms with Crippen molar-refractivity contribution in [1.29, 1.82) is 0 Å². The Bertz CT molecular complexity index is 900. The SMILES string of the molecule is Cc1nc2ccccc2c(=O)n1CC(=O)N[C@@H](C)c1cccs1. The topological polar surface area (TPSA) is 64.0 Å². The summed E-state index contributed by atoms with van der Waals surface area (Å²) in [4.78, 5) is 30.3. The molecule has 23 heavy (non-hydrogen) atoms. The van der Waals surface area contributed by atoms with Crippen molar-refractivity contribution in [1.82, 2.24) is 14.9 Å². The van der Waals surface area contributed by atoms with Gasteiger partial charge in [-0.2, -0.15) is 0 Å². The Hall–Kier alpha value is -2.47. The van der Waals surface area contributed by atoms with Crippen molar-refractivity contribution < 1.29 is 4.79 Å². The Morgan fingerprint density at radius 2 is 2.09 bits per heavy atom. The van der Waals surface area contributed by atoms with Crippen LogP contribution in [0.25, 0.3) is 10.9 Å². The molecule has 0 unspecified atom stereocenters. The van der Waals surface area contributed by atoms with Gasteiger partial charge in [-0.15, -0.1) is 11.3 Å². The molecule has 0 fully saturated rings. The number of hydrogen-bond acceptors (Lipinski definition) is 4. The van der Waals surface area contributed by atoms with Crippen LogP contribution in [0, 0.1) is 6.92 Å². The summed E-state index contributed by atoms with van der Waals surface area (Å²) in [5.41, 5.74) is 0.464. The van der Waals surface area contributed by atoms with Gasteiger partial charge in [-0.25, -0.2) is 4.98 Å². The molecule has 0 aliphatic carbocycles. The van der Waals surface area contributed by atoms with Crippen molar-refractivity contribution in [2.45, 2.75) is 26.4 Å². The molecule has 0 radical (unpaired) electrons.